The van der Waals surface area contributed by atoms with Crippen LogP contribution in [0, 0.1) is 9.49 Å². The zero-order chi connectivity index (χ0) is 24.6. The summed E-state index contributed by atoms with van der Waals surface area (Å²) in [6, 6.07) is 7.85. The molecule has 11 heteroatoms. The van der Waals surface area contributed by atoms with Crippen LogP contribution in [0.2, 0.25) is 0 Å². The van der Waals surface area contributed by atoms with Gasteiger partial charge in [0, 0.05) is 22.7 Å². The summed E-state index contributed by atoms with van der Waals surface area (Å²) in [6.45, 7) is 2.36. The number of hydrogen-bond donors (Lipinski definition) is 3. The summed E-state index contributed by atoms with van der Waals surface area (Å²) < 4.78 is 39.2. The Balaban J connectivity index is 1.51. The predicted octanol–water partition coefficient (Wildman–Crippen LogP) is 3.96. The van der Waals surface area contributed by atoms with E-state index in [1.54, 1.807) is 45.7 Å². The van der Waals surface area contributed by atoms with E-state index in [-0.39, 0.29) is 46.1 Å². The highest BCUT2D eigenvalue weighted by molar-refractivity contribution is 14.1. The predicted molar refractivity (Wildman–Crippen MR) is 127 cm³/mol. The number of para-hydroxylation sites is 1. The van der Waals surface area contributed by atoms with E-state index in [2.05, 4.69) is 15.3 Å². The maximum Gasteiger partial charge on any atom is 0.416 e. The molecule has 0 spiro atoms. The minimum Gasteiger partial charge on any atom is -0.388 e. The Morgan fingerprint density at radius 1 is 1.24 bits per heavy atom. The summed E-state index contributed by atoms with van der Waals surface area (Å²) in [7, 11) is 0. The summed E-state index contributed by atoms with van der Waals surface area (Å²) in [5.74, 6) is -0.287. The van der Waals surface area contributed by atoms with Crippen LogP contribution in [0.25, 0.3) is 11.0 Å². The largest absolute Gasteiger partial charge is 0.416 e. The number of likely N-dealkylation sites (tertiary alicyclic amines) is 1. The Morgan fingerprint density at radius 3 is 2.68 bits per heavy atom. The van der Waals surface area contributed by atoms with Crippen LogP contribution in [0.1, 0.15) is 45.4 Å². The number of carbonyl (C=O) groups is 2. The first kappa shape index (κ1) is 24.5. The van der Waals surface area contributed by atoms with Crippen molar-refractivity contribution in [1.82, 2.24) is 20.2 Å². The fraction of sp³-hybridized carbons (Fsp3) is 0.348. The number of rotatable bonds is 4. The maximum atomic E-state index is 13.1. The Morgan fingerprint density at radius 2 is 2.00 bits per heavy atom. The second-order valence-corrected chi connectivity index (χ2v) is 9.62. The maximum absolute atomic E-state index is 13.1. The first-order chi connectivity index (χ1) is 16.1. The average Bonchev–Trinajstić information content (AvgIpc) is 3.21. The van der Waals surface area contributed by atoms with Gasteiger partial charge in [-0.15, -0.1) is 0 Å². The Hall–Kier alpha value is -2.67. The third kappa shape index (κ3) is 5.04. The molecular weight excluding hydrogens is 564 g/mol. The molecule has 0 bridgehead atoms. The molecule has 7 nitrogen and oxygen atoms in total. The molecule has 0 saturated carbocycles. The van der Waals surface area contributed by atoms with E-state index in [1.807, 2.05) is 6.92 Å². The van der Waals surface area contributed by atoms with Crippen LogP contribution in [-0.4, -0.2) is 50.9 Å². The van der Waals surface area contributed by atoms with Crippen LogP contribution in [0.15, 0.2) is 36.4 Å². The third-order valence-electron chi connectivity index (χ3n) is 5.77. The summed E-state index contributed by atoms with van der Waals surface area (Å²) in [5.41, 5.74) is 0.817. The number of aromatic amines is 1. The topological polar surface area (TPSA) is 98.3 Å². The zero-order valence-corrected chi connectivity index (χ0v) is 20.3. The van der Waals surface area contributed by atoms with E-state index < -0.39 is 11.7 Å². The van der Waals surface area contributed by atoms with Gasteiger partial charge in [-0.1, -0.05) is 13.0 Å². The lowest BCUT2D eigenvalue weighted by Crippen LogP contribution is -2.52. The van der Waals surface area contributed by atoms with Crippen molar-refractivity contribution in [2.24, 2.45) is 5.92 Å². The summed E-state index contributed by atoms with van der Waals surface area (Å²) in [5, 5.41) is 12.3. The number of H-pyrrole nitrogens is 1. The van der Waals surface area contributed by atoms with Crippen molar-refractivity contribution in [3.8, 4) is 0 Å². The van der Waals surface area contributed by atoms with Gasteiger partial charge in [-0.05, 0) is 65.3 Å². The van der Waals surface area contributed by atoms with E-state index in [4.69, 9.17) is 0 Å². The van der Waals surface area contributed by atoms with Crippen molar-refractivity contribution in [2.45, 2.75) is 32.2 Å². The lowest BCUT2D eigenvalue weighted by atomic mass is 9.94. The van der Waals surface area contributed by atoms with Gasteiger partial charge in [0.25, 0.3) is 11.8 Å². The molecule has 2 heterocycles. The lowest BCUT2D eigenvalue weighted by molar-refractivity contribution is -0.137. The Bertz CT molecular complexity index is 1240. The van der Waals surface area contributed by atoms with Crippen LogP contribution in [0.5, 0.6) is 0 Å². The molecule has 1 aromatic heterocycles. The highest BCUT2D eigenvalue weighted by atomic mass is 127. The number of nitrogens with one attached hydrogen (secondary N) is 2. The lowest BCUT2D eigenvalue weighted by Gasteiger charge is -2.37. The van der Waals surface area contributed by atoms with E-state index in [0.717, 1.165) is 12.1 Å². The fourth-order valence-corrected chi connectivity index (χ4v) is 5.01. The van der Waals surface area contributed by atoms with Gasteiger partial charge in [0.05, 0.1) is 22.2 Å². The fourth-order valence-electron chi connectivity index (χ4n) is 4.26. The van der Waals surface area contributed by atoms with Crippen LogP contribution < -0.4 is 5.32 Å². The first-order valence-corrected chi connectivity index (χ1v) is 11.7. The summed E-state index contributed by atoms with van der Waals surface area (Å²) >= 11 is 1.74. The molecule has 1 aliphatic heterocycles. The van der Waals surface area contributed by atoms with E-state index in [1.165, 1.54) is 6.07 Å². The van der Waals surface area contributed by atoms with E-state index >= 15 is 0 Å². The van der Waals surface area contributed by atoms with Gasteiger partial charge in [0.15, 0.2) is 0 Å². The van der Waals surface area contributed by atoms with Crippen LogP contribution in [-0.2, 0) is 12.8 Å². The first-order valence-electron chi connectivity index (χ1n) is 10.6. The molecule has 0 radical (unpaired) electrons. The number of alkyl halides is 3. The molecule has 1 fully saturated rings. The number of nitrogens with zero attached hydrogens (tertiary/aromatic N) is 2. The highest BCUT2D eigenvalue weighted by Gasteiger charge is 2.33. The van der Waals surface area contributed by atoms with Gasteiger partial charge in [-0.3, -0.25) is 9.59 Å². The number of carbonyl (C=O) groups excluding carboxylic acids is 2. The Labute approximate surface area is 206 Å². The molecular formula is C23H22F3IN4O3. The molecule has 1 saturated heterocycles. The quantitative estimate of drug-likeness (QED) is 0.404. The summed E-state index contributed by atoms with van der Waals surface area (Å²) in [4.78, 5) is 34.9. The van der Waals surface area contributed by atoms with Crippen molar-refractivity contribution < 1.29 is 27.9 Å². The van der Waals surface area contributed by atoms with E-state index in [9.17, 15) is 27.9 Å². The van der Waals surface area contributed by atoms with Gasteiger partial charge in [-0.2, -0.15) is 13.2 Å². The number of aromatic nitrogens is 2. The second-order valence-electron chi connectivity index (χ2n) is 8.46. The molecule has 2 atom stereocenters. The second kappa shape index (κ2) is 9.53. The normalized spacial score (nSPS) is 18.8. The molecule has 3 N–H and O–H groups in total. The highest BCUT2D eigenvalue weighted by Crippen LogP contribution is 2.31. The zero-order valence-electron chi connectivity index (χ0n) is 18.1. The molecule has 1 aliphatic rings. The minimum absolute atomic E-state index is 0.0808. The number of benzene rings is 2. The van der Waals surface area contributed by atoms with Crippen molar-refractivity contribution in [3.63, 3.8) is 0 Å². The number of aliphatic hydroxyl groups is 1. The van der Waals surface area contributed by atoms with Gasteiger partial charge in [0.2, 0.25) is 0 Å². The van der Waals surface area contributed by atoms with Crippen LogP contribution in [0.3, 0.4) is 0 Å². The van der Waals surface area contributed by atoms with E-state index in [0.29, 0.717) is 35.4 Å². The number of fused-ring (bicyclic) bond motifs is 1. The standard InChI is InChI=1S/C23H22F3IN4O3/c1-12-7-14(28-21(33)16-3-2-4-18-20(16)30-19(11-32)29-18)10-31(9-12)22(34)15-6-5-13(8-17(15)27)23(24,25)26/h2-6,8,12,14,32H,7,9-11H2,1H3,(H,28,33)(H,29,30). The molecule has 180 valence electrons. The minimum atomic E-state index is -4.48. The molecule has 2 aromatic carbocycles. The number of imidazole rings is 1. The summed E-state index contributed by atoms with van der Waals surface area (Å²) in [6.07, 6.45) is -3.83. The van der Waals surface area contributed by atoms with Gasteiger partial charge in [0.1, 0.15) is 17.9 Å². The van der Waals surface area contributed by atoms with Gasteiger partial charge in [-0.25, -0.2) is 4.98 Å². The average molecular weight is 586 g/mol. The van der Waals surface area contributed by atoms with Gasteiger partial charge >= 0.3 is 6.18 Å². The van der Waals surface area contributed by atoms with Gasteiger partial charge < -0.3 is 20.3 Å². The molecule has 4 rings (SSSR count). The molecule has 3 aromatic rings. The smallest absolute Gasteiger partial charge is 0.388 e. The number of halogens is 4. The molecule has 34 heavy (non-hydrogen) atoms. The number of piperidine rings is 1. The third-order valence-corrected chi connectivity index (χ3v) is 6.66. The molecule has 0 aliphatic carbocycles. The number of aliphatic hydroxyl groups excluding tert-OH is 1. The molecule has 2 unspecified atom stereocenters. The number of hydrogen-bond acceptors (Lipinski definition) is 4. The Kier molecular flexibility index (Phi) is 6.85. The van der Waals surface area contributed by atoms with Crippen molar-refractivity contribution in [1.29, 1.82) is 0 Å². The van der Waals surface area contributed by atoms with Crippen LogP contribution in [0.4, 0.5) is 13.2 Å². The van der Waals surface area contributed by atoms with Crippen molar-refractivity contribution in [3.05, 3.63) is 62.5 Å². The molecule has 2 amide bonds. The van der Waals surface area contributed by atoms with Crippen LogP contribution >= 0.6 is 22.6 Å². The monoisotopic (exact) mass is 586 g/mol. The van der Waals surface area contributed by atoms with Crippen molar-refractivity contribution >= 4 is 45.4 Å². The SMILES string of the molecule is CC1CC(NC(=O)c2cccc3[nH]c(CO)nc23)CN(C(=O)c2ccc(C(F)(F)F)cc2I)C1. The number of amides is 2. The van der Waals surface area contributed by atoms with Crippen molar-refractivity contribution in [2.75, 3.05) is 13.1 Å².